The first-order valence-electron chi connectivity index (χ1n) is 9.37. The van der Waals surface area contributed by atoms with E-state index in [9.17, 15) is 0 Å². The lowest BCUT2D eigenvalue weighted by molar-refractivity contribution is 0.185. The Morgan fingerprint density at radius 2 is 1.92 bits per heavy atom. The molecule has 0 amide bonds. The molecule has 1 fully saturated rings. The largest absolute Gasteiger partial charge is 0.370 e. The van der Waals surface area contributed by atoms with Gasteiger partial charge in [0, 0.05) is 13.1 Å². The van der Waals surface area contributed by atoms with Crippen LogP contribution in [0.4, 0.5) is 0 Å². The molecule has 0 bridgehead atoms. The number of rotatable bonds is 7. The molecular formula is C20H34N4. The highest BCUT2D eigenvalue weighted by atomic mass is 15.1. The maximum absolute atomic E-state index is 5.99. The molecule has 1 heterocycles. The number of nitrogens with two attached hydrogens (primary N) is 1. The third-order valence-corrected chi connectivity index (χ3v) is 4.84. The number of guanidine groups is 1. The van der Waals surface area contributed by atoms with Crippen LogP contribution in [0, 0.1) is 11.8 Å². The van der Waals surface area contributed by atoms with Crippen LogP contribution in [-0.4, -0.2) is 30.5 Å². The van der Waals surface area contributed by atoms with Crippen molar-refractivity contribution in [3.8, 4) is 0 Å². The summed E-state index contributed by atoms with van der Waals surface area (Å²) in [6.45, 7) is 11.8. The van der Waals surface area contributed by atoms with Crippen LogP contribution in [0.25, 0.3) is 0 Å². The van der Waals surface area contributed by atoms with Gasteiger partial charge in [-0.25, -0.2) is 4.99 Å². The van der Waals surface area contributed by atoms with Crippen LogP contribution in [0.2, 0.25) is 0 Å². The first-order valence-corrected chi connectivity index (χ1v) is 9.37. The maximum atomic E-state index is 5.99. The highest BCUT2D eigenvalue weighted by molar-refractivity contribution is 5.77. The van der Waals surface area contributed by atoms with Crippen molar-refractivity contribution in [3.05, 3.63) is 35.4 Å². The molecule has 0 aliphatic carbocycles. The van der Waals surface area contributed by atoms with Crippen molar-refractivity contribution in [2.24, 2.45) is 22.6 Å². The minimum absolute atomic E-state index is 0.553. The third kappa shape index (κ3) is 6.52. The monoisotopic (exact) mass is 330 g/mol. The molecule has 0 spiro atoms. The van der Waals surface area contributed by atoms with E-state index in [1.54, 1.807) is 0 Å². The molecule has 0 saturated carbocycles. The number of nitrogens with one attached hydrogen (secondary N) is 1. The van der Waals surface area contributed by atoms with Crippen molar-refractivity contribution < 1.29 is 0 Å². The number of nitrogens with zero attached hydrogens (tertiary/aromatic N) is 2. The fourth-order valence-corrected chi connectivity index (χ4v) is 3.04. The summed E-state index contributed by atoms with van der Waals surface area (Å²) in [6.07, 6.45) is 3.74. The lowest BCUT2D eigenvalue weighted by atomic mass is 9.98. The summed E-state index contributed by atoms with van der Waals surface area (Å²) < 4.78 is 0. The highest BCUT2D eigenvalue weighted by Crippen LogP contribution is 2.20. The summed E-state index contributed by atoms with van der Waals surface area (Å²) in [7, 11) is 0. The van der Waals surface area contributed by atoms with Gasteiger partial charge in [-0.05, 0) is 55.3 Å². The van der Waals surface area contributed by atoms with Crippen molar-refractivity contribution in [1.82, 2.24) is 10.2 Å². The van der Waals surface area contributed by atoms with E-state index in [4.69, 9.17) is 5.73 Å². The second-order valence-corrected chi connectivity index (χ2v) is 7.54. The SMILES string of the molecule is CC(C)CCNC(N)=NCc1ccccc1CN1CCC(C)CC1. The Labute approximate surface area is 147 Å². The quantitative estimate of drug-likeness (QED) is 0.595. The molecule has 134 valence electrons. The summed E-state index contributed by atoms with van der Waals surface area (Å²) in [5, 5.41) is 3.21. The van der Waals surface area contributed by atoms with Gasteiger partial charge in [0.25, 0.3) is 0 Å². The first-order chi connectivity index (χ1) is 11.5. The van der Waals surface area contributed by atoms with Gasteiger partial charge in [-0.3, -0.25) is 4.90 Å². The van der Waals surface area contributed by atoms with Crippen LogP contribution < -0.4 is 11.1 Å². The van der Waals surface area contributed by atoms with E-state index in [1.165, 1.54) is 37.1 Å². The molecule has 0 unspecified atom stereocenters. The van der Waals surface area contributed by atoms with Crippen molar-refractivity contribution in [1.29, 1.82) is 0 Å². The molecule has 2 rings (SSSR count). The maximum Gasteiger partial charge on any atom is 0.188 e. The van der Waals surface area contributed by atoms with E-state index < -0.39 is 0 Å². The van der Waals surface area contributed by atoms with Gasteiger partial charge in [0.15, 0.2) is 5.96 Å². The van der Waals surface area contributed by atoms with Crippen molar-refractivity contribution in [2.45, 2.75) is 53.1 Å². The summed E-state index contributed by atoms with van der Waals surface area (Å²) in [5.41, 5.74) is 8.65. The Bertz CT molecular complexity index is 516. The molecule has 1 aliphatic rings. The van der Waals surface area contributed by atoms with Gasteiger partial charge in [-0.15, -0.1) is 0 Å². The van der Waals surface area contributed by atoms with Gasteiger partial charge in [-0.2, -0.15) is 0 Å². The fraction of sp³-hybridized carbons (Fsp3) is 0.650. The number of likely N-dealkylation sites (tertiary alicyclic amines) is 1. The Hall–Kier alpha value is -1.55. The van der Waals surface area contributed by atoms with Crippen molar-refractivity contribution >= 4 is 5.96 Å². The molecule has 4 nitrogen and oxygen atoms in total. The molecule has 1 saturated heterocycles. The number of hydrogen-bond donors (Lipinski definition) is 2. The van der Waals surface area contributed by atoms with Gasteiger partial charge >= 0.3 is 0 Å². The van der Waals surface area contributed by atoms with Crippen LogP contribution in [0.15, 0.2) is 29.3 Å². The second-order valence-electron chi connectivity index (χ2n) is 7.54. The van der Waals surface area contributed by atoms with E-state index in [2.05, 4.69) is 60.2 Å². The Morgan fingerprint density at radius 3 is 2.58 bits per heavy atom. The van der Waals surface area contributed by atoms with Crippen molar-refractivity contribution in [2.75, 3.05) is 19.6 Å². The van der Waals surface area contributed by atoms with E-state index in [1.807, 2.05) is 0 Å². The average molecular weight is 331 g/mol. The lowest BCUT2D eigenvalue weighted by Gasteiger charge is -2.30. The van der Waals surface area contributed by atoms with Crippen LogP contribution >= 0.6 is 0 Å². The van der Waals surface area contributed by atoms with Crippen molar-refractivity contribution in [3.63, 3.8) is 0 Å². The van der Waals surface area contributed by atoms with Gasteiger partial charge in [0.2, 0.25) is 0 Å². The molecule has 24 heavy (non-hydrogen) atoms. The number of benzene rings is 1. The number of hydrogen-bond acceptors (Lipinski definition) is 2. The molecule has 1 aromatic carbocycles. The molecule has 4 heteroatoms. The number of piperidine rings is 1. The van der Waals surface area contributed by atoms with E-state index in [0.29, 0.717) is 18.4 Å². The summed E-state index contributed by atoms with van der Waals surface area (Å²) in [5.74, 6) is 2.10. The van der Waals surface area contributed by atoms with Gasteiger partial charge in [0.1, 0.15) is 0 Å². The molecule has 1 aliphatic heterocycles. The van der Waals surface area contributed by atoms with Crippen LogP contribution in [0.1, 0.15) is 51.2 Å². The lowest BCUT2D eigenvalue weighted by Crippen LogP contribution is -2.33. The average Bonchev–Trinajstić information content (AvgIpc) is 2.56. The highest BCUT2D eigenvalue weighted by Gasteiger charge is 2.16. The molecule has 0 atom stereocenters. The standard InChI is InChI=1S/C20H34N4/c1-16(2)8-11-22-20(21)23-14-18-6-4-5-7-19(18)15-24-12-9-17(3)10-13-24/h4-7,16-17H,8-15H2,1-3H3,(H3,21,22,23). The summed E-state index contributed by atoms with van der Waals surface area (Å²) in [6, 6.07) is 8.62. The summed E-state index contributed by atoms with van der Waals surface area (Å²) >= 11 is 0. The van der Waals surface area contributed by atoms with Crippen LogP contribution in [0.3, 0.4) is 0 Å². The van der Waals surface area contributed by atoms with Gasteiger partial charge in [-0.1, -0.05) is 45.0 Å². The fourth-order valence-electron chi connectivity index (χ4n) is 3.04. The Morgan fingerprint density at radius 1 is 1.25 bits per heavy atom. The molecule has 0 aromatic heterocycles. The first kappa shape index (κ1) is 18.8. The minimum atomic E-state index is 0.553. The summed E-state index contributed by atoms with van der Waals surface area (Å²) in [4.78, 5) is 7.08. The molecule has 0 radical (unpaired) electrons. The smallest absolute Gasteiger partial charge is 0.188 e. The normalized spacial score (nSPS) is 17.4. The Kier molecular flexibility index (Phi) is 7.57. The Balaban J connectivity index is 1.88. The minimum Gasteiger partial charge on any atom is -0.370 e. The van der Waals surface area contributed by atoms with E-state index >= 15 is 0 Å². The van der Waals surface area contributed by atoms with Gasteiger partial charge in [0.05, 0.1) is 6.54 Å². The zero-order valence-corrected chi connectivity index (χ0v) is 15.6. The second kappa shape index (κ2) is 9.67. The zero-order valence-electron chi connectivity index (χ0n) is 15.6. The predicted octanol–water partition coefficient (Wildman–Crippen LogP) is 3.37. The molecule has 1 aromatic rings. The topological polar surface area (TPSA) is 53.6 Å². The van der Waals surface area contributed by atoms with E-state index in [-0.39, 0.29) is 0 Å². The van der Waals surface area contributed by atoms with Crippen LogP contribution in [-0.2, 0) is 13.1 Å². The molecular weight excluding hydrogens is 296 g/mol. The third-order valence-electron chi connectivity index (χ3n) is 4.84. The van der Waals surface area contributed by atoms with Gasteiger partial charge < -0.3 is 11.1 Å². The van der Waals surface area contributed by atoms with E-state index in [0.717, 1.165) is 25.4 Å². The molecule has 3 N–H and O–H groups in total. The predicted molar refractivity (Wildman–Crippen MR) is 103 cm³/mol. The number of aliphatic imine (C=N–C) groups is 1. The zero-order chi connectivity index (χ0) is 17.4. The van der Waals surface area contributed by atoms with Crippen LogP contribution in [0.5, 0.6) is 0 Å².